The van der Waals surface area contributed by atoms with Crippen molar-refractivity contribution in [3.05, 3.63) is 22.5 Å². The topological polar surface area (TPSA) is 66.5 Å². The normalized spacial score (nSPS) is 10.5. The Morgan fingerprint density at radius 2 is 2.00 bits per heavy atom. The summed E-state index contributed by atoms with van der Waals surface area (Å²) in [4.78, 5) is 0. The summed E-state index contributed by atoms with van der Waals surface area (Å²) in [6.45, 7) is 0.444. The summed E-state index contributed by atoms with van der Waals surface area (Å²) in [6.07, 6.45) is 1.05. The molecule has 0 bridgehead atoms. The van der Waals surface area contributed by atoms with Gasteiger partial charge in [0.25, 0.3) is 0 Å². The first-order chi connectivity index (χ1) is 6.57. The maximum atomic E-state index is 13.0. The van der Waals surface area contributed by atoms with Gasteiger partial charge in [-0.2, -0.15) is 0 Å². The van der Waals surface area contributed by atoms with E-state index < -0.39 is 11.6 Å². The molecule has 0 saturated heterocycles. The van der Waals surface area contributed by atoms with Crippen molar-refractivity contribution >= 4 is 11.6 Å². The van der Waals surface area contributed by atoms with Crippen LogP contribution in [0.4, 0.5) is 4.39 Å². The number of nitrogens with two attached hydrogens (primary N) is 1. The molecule has 0 atom stereocenters. The summed E-state index contributed by atoms with van der Waals surface area (Å²) in [5.74, 6) is -1.83. The third-order valence-corrected chi connectivity index (χ3v) is 2.26. The SMILES string of the molecule is NCCCc1cc(F)c(O)c(Cl)c1O. The van der Waals surface area contributed by atoms with E-state index in [9.17, 15) is 9.50 Å². The zero-order chi connectivity index (χ0) is 10.7. The summed E-state index contributed by atoms with van der Waals surface area (Å²) in [6, 6.07) is 1.06. The van der Waals surface area contributed by atoms with Crippen molar-refractivity contribution in [1.82, 2.24) is 0 Å². The zero-order valence-electron chi connectivity index (χ0n) is 7.43. The molecule has 0 heterocycles. The number of phenols is 2. The highest BCUT2D eigenvalue weighted by Gasteiger charge is 2.14. The Bertz CT molecular complexity index is 344. The van der Waals surface area contributed by atoms with Crippen LogP contribution in [0.15, 0.2) is 6.07 Å². The van der Waals surface area contributed by atoms with Crippen LogP contribution in [0.2, 0.25) is 5.02 Å². The molecule has 0 saturated carbocycles. The molecule has 14 heavy (non-hydrogen) atoms. The molecule has 1 rings (SSSR count). The van der Waals surface area contributed by atoms with Gasteiger partial charge in [-0.15, -0.1) is 0 Å². The van der Waals surface area contributed by atoms with Crippen molar-refractivity contribution < 1.29 is 14.6 Å². The standard InChI is InChI=1S/C9H11ClFNO2/c10-7-8(13)5(2-1-3-12)4-6(11)9(7)14/h4,13-14H,1-3,12H2. The van der Waals surface area contributed by atoms with E-state index in [2.05, 4.69) is 0 Å². The van der Waals surface area contributed by atoms with Gasteiger partial charge < -0.3 is 15.9 Å². The molecular formula is C9H11ClFNO2. The van der Waals surface area contributed by atoms with E-state index in [1.165, 1.54) is 0 Å². The first-order valence-corrected chi connectivity index (χ1v) is 4.54. The number of aromatic hydroxyl groups is 2. The Labute approximate surface area is 85.9 Å². The lowest BCUT2D eigenvalue weighted by atomic mass is 10.1. The van der Waals surface area contributed by atoms with Crippen LogP contribution < -0.4 is 5.73 Å². The minimum Gasteiger partial charge on any atom is -0.506 e. The van der Waals surface area contributed by atoms with E-state index in [1.54, 1.807) is 0 Å². The summed E-state index contributed by atoms with van der Waals surface area (Å²) < 4.78 is 13.0. The molecule has 4 N–H and O–H groups in total. The van der Waals surface area contributed by atoms with Crippen molar-refractivity contribution in [2.45, 2.75) is 12.8 Å². The van der Waals surface area contributed by atoms with Crippen LogP contribution in [-0.4, -0.2) is 16.8 Å². The van der Waals surface area contributed by atoms with Crippen molar-refractivity contribution in [1.29, 1.82) is 0 Å². The first-order valence-electron chi connectivity index (χ1n) is 4.16. The second kappa shape index (κ2) is 4.48. The van der Waals surface area contributed by atoms with Crippen molar-refractivity contribution in [2.75, 3.05) is 6.54 Å². The molecular weight excluding hydrogens is 209 g/mol. The van der Waals surface area contributed by atoms with Crippen LogP contribution >= 0.6 is 11.6 Å². The van der Waals surface area contributed by atoms with Crippen LogP contribution in [-0.2, 0) is 6.42 Å². The number of benzene rings is 1. The Hall–Kier alpha value is -1.00. The molecule has 1 aromatic rings. The van der Waals surface area contributed by atoms with Crippen molar-refractivity contribution in [2.24, 2.45) is 5.73 Å². The fourth-order valence-corrected chi connectivity index (χ4v) is 1.34. The summed E-state index contributed by atoms with van der Waals surface area (Å²) in [5, 5.41) is 18.1. The second-order valence-corrected chi connectivity index (χ2v) is 3.30. The van der Waals surface area contributed by atoms with Crippen LogP contribution in [0.5, 0.6) is 11.5 Å². The molecule has 78 valence electrons. The van der Waals surface area contributed by atoms with Gasteiger partial charge >= 0.3 is 0 Å². The van der Waals surface area contributed by atoms with Crippen molar-refractivity contribution in [3.63, 3.8) is 0 Å². The maximum Gasteiger partial charge on any atom is 0.174 e. The summed E-state index contributed by atoms with van der Waals surface area (Å²) >= 11 is 5.50. The Balaban J connectivity index is 3.06. The number of rotatable bonds is 3. The number of hydrogen-bond donors (Lipinski definition) is 3. The van der Waals surface area contributed by atoms with Gasteiger partial charge in [-0.1, -0.05) is 11.6 Å². The summed E-state index contributed by atoms with van der Waals surface area (Å²) in [5.41, 5.74) is 5.63. The number of hydrogen-bond acceptors (Lipinski definition) is 3. The Morgan fingerprint density at radius 1 is 1.36 bits per heavy atom. The maximum absolute atomic E-state index is 13.0. The van der Waals surface area contributed by atoms with E-state index in [4.69, 9.17) is 22.4 Å². The molecule has 1 aromatic carbocycles. The molecule has 0 aliphatic carbocycles. The average Bonchev–Trinajstić information content (AvgIpc) is 2.18. The van der Waals surface area contributed by atoms with E-state index in [0.717, 1.165) is 6.07 Å². The third kappa shape index (κ3) is 2.08. The highest BCUT2D eigenvalue weighted by atomic mass is 35.5. The lowest BCUT2D eigenvalue weighted by Gasteiger charge is -2.07. The van der Waals surface area contributed by atoms with Gasteiger partial charge in [-0.3, -0.25) is 0 Å². The minimum atomic E-state index is -0.833. The van der Waals surface area contributed by atoms with E-state index in [-0.39, 0.29) is 10.8 Å². The van der Waals surface area contributed by atoms with Crippen LogP contribution in [0.25, 0.3) is 0 Å². The molecule has 0 aliphatic rings. The highest BCUT2D eigenvalue weighted by Crippen LogP contribution is 2.37. The molecule has 5 heteroatoms. The van der Waals surface area contributed by atoms with Crippen LogP contribution in [0.3, 0.4) is 0 Å². The minimum absolute atomic E-state index is 0.279. The largest absolute Gasteiger partial charge is 0.506 e. The third-order valence-electron chi connectivity index (χ3n) is 1.90. The van der Waals surface area contributed by atoms with Gasteiger partial charge in [0.15, 0.2) is 11.6 Å². The highest BCUT2D eigenvalue weighted by molar-refractivity contribution is 6.33. The van der Waals surface area contributed by atoms with Gasteiger partial charge in [-0.05, 0) is 31.0 Å². The van der Waals surface area contributed by atoms with Gasteiger partial charge in [0, 0.05) is 0 Å². The molecule has 0 amide bonds. The number of phenolic OH excluding ortho intramolecular Hbond substituents is 2. The first kappa shape index (κ1) is 11.1. The lowest BCUT2D eigenvalue weighted by Crippen LogP contribution is -2.01. The molecule has 0 fully saturated rings. The predicted molar refractivity (Wildman–Crippen MR) is 52.1 cm³/mol. The van der Waals surface area contributed by atoms with Gasteiger partial charge in [-0.25, -0.2) is 4.39 Å². The smallest absolute Gasteiger partial charge is 0.174 e. The Morgan fingerprint density at radius 3 is 2.57 bits per heavy atom. The van der Waals surface area contributed by atoms with E-state index >= 15 is 0 Å². The molecule has 0 radical (unpaired) electrons. The quantitative estimate of drug-likeness (QED) is 0.726. The monoisotopic (exact) mass is 219 g/mol. The number of aryl methyl sites for hydroxylation is 1. The van der Waals surface area contributed by atoms with Crippen LogP contribution in [0, 0.1) is 5.82 Å². The van der Waals surface area contributed by atoms with Gasteiger partial charge in [0.1, 0.15) is 10.8 Å². The fraction of sp³-hybridized carbons (Fsp3) is 0.333. The lowest BCUT2D eigenvalue weighted by molar-refractivity contribution is 0.416. The van der Waals surface area contributed by atoms with Gasteiger partial charge in [0.2, 0.25) is 0 Å². The average molecular weight is 220 g/mol. The summed E-state index contributed by atoms with van der Waals surface area (Å²) in [7, 11) is 0. The number of halogens is 2. The predicted octanol–water partition coefficient (Wildman–Crippen LogP) is 1.78. The Kier molecular flexibility index (Phi) is 3.55. The van der Waals surface area contributed by atoms with E-state index in [1.807, 2.05) is 0 Å². The second-order valence-electron chi connectivity index (χ2n) is 2.92. The van der Waals surface area contributed by atoms with Crippen LogP contribution in [0.1, 0.15) is 12.0 Å². The van der Waals surface area contributed by atoms with Crippen molar-refractivity contribution in [3.8, 4) is 11.5 Å². The molecule has 0 unspecified atom stereocenters. The zero-order valence-corrected chi connectivity index (χ0v) is 8.18. The molecule has 0 aromatic heterocycles. The molecule has 0 aliphatic heterocycles. The van der Waals surface area contributed by atoms with E-state index in [0.29, 0.717) is 24.9 Å². The van der Waals surface area contributed by atoms with Gasteiger partial charge in [0.05, 0.1) is 0 Å². The molecule has 0 spiro atoms. The molecule has 3 nitrogen and oxygen atoms in total. The fourth-order valence-electron chi connectivity index (χ4n) is 1.13.